The summed E-state index contributed by atoms with van der Waals surface area (Å²) in [7, 11) is -3.61. The number of aromatic nitrogens is 3. The van der Waals surface area contributed by atoms with E-state index in [0.29, 0.717) is 30.4 Å². The van der Waals surface area contributed by atoms with Crippen LogP contribution < -0.4 is 4.74 Å². The monoisotopic (exact) mass is 422 g/mol. The van der Waals surface area contributed by atoms with Crippen LogP contribution in [0.4, 0.5) is 0 Å². The van der Waals surface area contributed by atoms with Crippen molar-refractivity contribution in [1.82, 2.24) is 18.8 Å². The van der Waals surface area contributed by atoms with Crippen LogP contribution in [0.15, 0.2) is 83.0 Å². The molecule has 1 aromatic carbocycles. The van der Waals surface area contributed by atoms with Gasteiger partial charge in [-0.2, -0.15) is 4.31 Å². The van der Waals surface area contributed by atoms with E-state index in [1.165, 1.54) is 4.31 Å². The first-order chi connectivity index (χ1) is 14.6. The Hall–Kier alpha value is -3.43. The van der Waals surface area contributed by atoms with Crippen molar-refractivity contribution in [3.8, 4) is 17.3 Å². The lowest BCUT2D eigenvalue weighted by atomic mass is 10.1. The van der Waals surface area contributed by atoms with Gasteiger partial charge in [0.25, 0.3) is 0 Å². The highest BCUT2D eigenvalue weighted by Gasteiger charge is 2.29. The number of pyridine rings is 1. The molecule has 0 radical (unpaired) electrons. The van der Waals surface area contributed by atoms with Crippen molar-refractivity contribution in [2.24, 2.45) is 0 Å². The normalized spacial score (nSPS) is 14.4. The Balaban J connectivity index is 1.29. The molecule has 5 rings (SSSR count). The lowest BCUT2D eigenvalue weighted by Gasteiger charge is -2.25. The largest absolute Gasteiger partial charge is 0.468 e. The van der Waals surface area contributed by atoms with E-state index in [2.05, 4.69) is 9.97 Å². The molecule has 1 aliphatic rings. The third-order valence-corrected chi connectivity index (χ3v) is 6.85. The second kappa shape index (κ2) is 7.43. The van der Waals surface area contributed by atoms with Crippen molar-refractivity contribution in [2.45, 2.75) is 17.9 Å². The number of sulfonamides is 1. The molecule has 152 valence electrons. The van der Waals surface area contributed by atoms with E-state index in [1.807, 2.05) is 22.9 Å². The van der Waals surface area contributed by atoms with Gasteiger partial charge in [-0.05, 0) is 48.4 Å². The number of ether oxygens (including phenoxy) is 1. The number of rotatable bonds is 5. The van der Waals surface area contributed by atoms with Gasteiger partial charge in [-0.15, -0.1) is 0 Å². The minimum absolute atomic E-state index is 0.216. The van der Waals surface area contributed by atoms with Gasteiger partial charge in [0.1, 0.15) is 11.5 Å². The van der Waals surface area contributed by atoms with Crippen molar-refractivity contribution in [2.75, 3.05) is 6.54 Å². The summed E-state index contributed by atoms with van der Waals surface area (Å²) in [4.78, 5) is 8.50. The molecule has 8 nitrogen and oxygen atoms in total. The third kappa shape index (κ3) is 3.49. The maximum atomic E-state index is 13.0. The third-order valence-electron chi connectivity index (χ3n) is 5.00. The first-order valence-corrected chi connectivity index (χ1v) is 10.8. The second-order valence-electron chi connectivity index (χ2n) is 6.86. The van der Waals surface area contributed by atoms with Gasteiger partial charge in [0.15, 0.2) is 0 Å². The molecular formula is C21H18N4O4S. The summed E-state index contributed by atoms with van der Waals surface area (Å²) in [5.74, 6) is 1.62. The van der Waals surface area contributed by atoms with Crippen molar-refractivity contribution in [3.63, 3.8) is 0 Å². The second-order valence-corrected chi connectivity index (χ2v) is 8.79. The molecule has 0 atom stereocenters. The molecule has 1 aliphatic heterocycles. The highest BCUT2D eigenvalue weighted by atomic mass is 32.2. The van der Waals surface area contributed by atoms with Crippen LogP contribution in [-0.4, -0.2) is 33.8 Å². The van der Waals surface area contributed by atoms with E-state index in [4.69, 9.17) is 9.15 Å². The Morgan fingerprint density at radius 3 is 2.67 bits per heavy atom. The van der Waals surface area contributed by atoms with Crippen LogP contribution in [-0.2, 0) is 23.0 Å². The number of furan rings is 1. The zero-order valence-corrected chi connectivity index (χ0v) is 16.7. The van der Waals surface area contributed by atoms with Gasteiger partial charge in [0.05, 0.1) is 35.9 Å². The first-order valence-electron chi connectivity index (χ1n) is 9.37. The molecule has 0 amide bonds. The molecule has 9 heteroatoms. The van der Waals surface area contributed by atoms with Crippen molar-refractivity contribution >= 4 is 10.0 Å². The molecule has 0 saturated heterocycles. The van der Waals surface area contributed by atoms with E-state index in [1.54, 1.807) is 55.3 Å². The SMILES string of the molecule is O=S(=O)(c1ccc(Oc2ccc(-n3ccnc3)cn2)cc1)N1CCc2ccoc2C1. The Labute approximate surface area is 173 Å². The van der Waals surface area contributed by atoms with Crippen LogP contribution in [0.5, 0.6) is 11.6 Å². The number of hydrogen-bond acceptors (Lipinski definition) is 6. The lowest BCUT2D eigenvalue weighted by molar-refractivity contribution is 0.343. The van der Waals surface area contributed by atoms with Gasteiger partial charge in [-0.1, -0.05) is 0 Å². The highest BCUT2D eigenvalue weighted by molar-refractivity contribution is 7.89. The molecule has 4 aromatic rings. The van der Waals surface area contributed by atoms with E-state index in [9.17, 15) is 8.42 Å². The van der Waals surface area contributed by atoms with Crippen molar-refractivity contribution in [1.29, 1.82) is 0 Å². The number of imidazole rings is 1. The van der Waals surface area contributed by atoms with E-state index >= 15 is 0 Å². The number of benzene rings is 1. The first kappa shape index (κ1) is 18.6. The standard InChI is InChI=1S/C21H18N4O4S/c26-30(27,25-10-7-16-8-12-28-20(16)14-25)19-4-2-18(3-5-19)29-21-6-1-17(13-23-21)24-11-9-22-15-24/h1-6,8-9,11-13,15H,7,10,14H2. The summed E-state index contributed by atoms with van der Waals surface area (Å²) in [6, 6.07) is 11.8. The smallest absolute Gasteiger partial charge is 0.243 e. The fraction of sp³-hybridized carbons (Fsp3) is 0.143. The fourth-order valence-corrected chi connectivity index (χ4v) is 4.76. The lowest BCUT2D eigenvalue weighted by Crippen LogP contribution is -2.35. The Morgan fingerprint density at radius 2 is 1.93 bits per heavy atom. The quantitative estimate of drug-likeness (QED) is 0.490. The number of nitrogens with zero attached hydrogens (tertiary/aromatic N) is 4. The zero-order chi connectivity index (χ0) is 20.6. The van der Waals surface area contributed by atoms with Crippen LogP contribution in [0.25, 0.3) is 5.69 Å². The minimum Gasteiger partial charge on any atom is -0.468 e. The maximum Gasteiger partial charge on any atom is 0.243 e. The van der Waals surface area contributed by atoms with Gasteiger partial charge in [0, 0.05) is 25.0 Å². The molecule has 0 aliphatic carbocycles. The van der Waals surface area contributed by atoms with Gasteiger partial charge in [-0.25, -0.2) is 18.4 Å². The van der Waals surface area contributed by atoms with Crippen LogP contribution in [0.3, 0.4) is 0 Å². The van der Waals surface area contributed by atoms with E-state index in [0.717, 1.165) is 11.3 Å². The number of hydrogen-bond donors (Lipinski definition) is 0. The number of fused-ring (bicyclic) bond motifs is 1. The van der Waals surface area contributed by atoms with Gasteiger partial charge in [-0.3, -0.25) is 0 Å². The minimum atomic E-state index is -3.61. The Bertz CT molecular complexity index is 1250. The molecule has 0 N–H and O–H groups in total. The fourth-order valence-electron chi connectivity index (χ4n) is 3.36. The predicted molar refractivity (Wildman–Crippen MR) is 108 cm³/mol. The van der Waals surface area contributed by atoms with Crippen molar-refractivity contribution < 1.29 is 17.6 Å². The molecule has 0 fully saturated rings. The van der Waals surface area contributed by atoms with Crippen LogP contribution in [0.1, 0.15) is 11.3 Å². The molecule has 0 unspecified atom stereocenters. The molecular weight excluding hydrogens is 404 g/mol. The van der Waals surface area contributed by atoms with Crippen LogP contribution in [0.2, 0.25) is 0 Å². The summed E-state index contributed by atoms with van der Waals surface area (Å²) in [6.45, 7) is 0.677. The summed E-state index contributed by atoms with van der Waals surface area (Å²) in [5.41, 5.74) is 1.93. The summed E-state index contributed by atoms with van der Waals surface area (Å²) in [6.07, 6.45) is 9.12. The summed E-state index contributed by atoms with van der Waals surface area (Å²) >= 11 is 0. The molecule has 4 heterocycles. The molecule has 30 heavy (non-hydrogen) atoms. The molecule has 0 bridgehead atoms. The topological polar surface area (TPSA) is 90.5 Å². The van der Waals surface area contributed by atoms with E-state index in [-0.39, 0.29) is 11.4 Å². The maximum absolute atomic E-state index is 13.0. The predicted octanol–water partition coefficient (Wildman–Crippen LogP) is 3.40. The van der Waals surface area contributed by atoms with Crippen molar-refractivity contribution in [3.05, 3.63) is 85.0 Å². The van der Waals surface area contributed by atoms with Crippen LogP contribution >= 0.6 is 0 Å². The molecule has 0 spiro atoms. The molecule has 0 saturated carbocycles. The van der Waals surface area contributed by atoms with Gasteiger partial charge < -0.3 is 13.7 Å². The average molecular weight is 422 g/mol. The van der Waals surface area contributed by atoms with Gasteiger partial charge >= 0.3 is 0 Å². The summed E-state index contributed by atoms with van der Waals surface area (Å²) < 4.78 is 40.3. The van der Waals surface area contributed by atoms with Gasteiger partial charge in [0.2, 0.25) is 15.9 Å². The highest BCUT2D eigenvalue weighted by Crippen LogP contribution is 2.27. The zero-order valence-electron chi connectivity index (χ0n) is 15.9. The molecule has 3 aromatic heterocycles. The average Bonchev–Trinajstić information content (AvgIpc) is 3.46. The summed E-state index contributed by atoms with van der Waals surface area (Å²) in [5, 5.41) is 0. The van der Waals surface area contributed by atoms with Crippen LogP contribution in [0, 0.1) is 0 Å². The van der Waals surface area contributed by atoms with E-state index < -0.39 is 10.0 Å². The Kier molecular flexibility index (Phi) is 4.61. The Morgan fingerprint density at radius 1 is 1.07 bits per heavy atom.